The SMILES string of the molecule is CC(C)CC(=O)c1cccc2c1C(N)(C(=O)CC(C)C)C(N)C=C2. The summed E-state index contributed by atoms with van der Waals surface area (Å²) in [7, 11) is 0. The molecule has 130 valence electrons. The molecule has 1 aliphatic carbocycles. The Morgan fingerprint density at radius 1 is 1.12 bits per heavy atom. The van der Waals surface area contributed by atoms with E-state index in [2.05, 4.69) is 0 Å². The average Bonchev–Trinajstić information content (AvgIpc) is 2.49. The van der Waals surface area contributed by atoms with E-state index in [4.69, 9.17) is 11.5 Å². The number of Topliss-reactive ketones (excluding diaryl/α,β-unsaturated/α-hetero) is 2. The molecule has 4 nitrogen and oxygen atoms in total. The maximum Gasteiger partial charge on any atom is 0.163 e. The molecule has 0 saturated heterocycles. The summed E-state index contributed by atoms with van der Waals surface area (Å²) in [6.07, 6.45) is 4.38. The fourth-order valence-corrected chi connectivity index (χ4v) is 3.27. The molecule has 0 saturated carbocycles. The van der Waals surface area contributed by atoms with E-state index in [0.29, 0.717) is 24.0 Å². The van der Waals surface area contributed by atoms with Gasteiger partial charge in [-0.3, -0.25) is 9.59 Å². The van der Waals surface area contributed by atoms with Gasteiger partial charge in [-0.1, -0.05) is 58.0 Å². The van der Waals surface area contributed by atoms with Crippen LogP contribution >= 0.6 is 0 Å². The van der Waals surface area contributed by atoms with Crippen molar-refractivity contribution >= 4 is 17.6 Å². The summed E-state index contributed by atoms with van der Waals surface area (Å²) in [6, 6.07) is 4.85. The number of hydrogen-bond donors (Lipinski definition) is 2. The van der Waals surface area contributed by atoms with Crippen molar-refractivity contribution in [3.05, 3.63) is 41.0 Å². The zero-order chi connectivity index (χ0) is 18.1. The molecular weight excluding hydrogens is 300 g/mol. The first-order chi connectivity index (χ1) is 11.2. The van der Waals surface area contributed by atoms with Crippen molar-refractivity contribution in [2.45, 2.75) is 52.1 Å². The van der Waals surface area contributed by atoms with Crippen LogP contribution in [0.3, 0.4) is 0 Å². The third kappa shape index (κ3) is 3.35. The molecule has 4 N–H and O–H groups in total. The maximum atomic E-state index is 13.0. The van der Waals surface area contributed by atoms with Crippen molar-refractivity contribution in [1.29, 1.82) is 0 Å². The van der Waals surface area contributed by atoms with Crippen molar-refractivity contribution in [3.8, 4) is 0 Å². The van der Waals surface area contributed by atoms with Crippen molar-refractivity contribution < 1.29 is 9.59 Å². The summed E-state index contributed by atoms with van der Waals surface area (Å²) in [6.45, 7) is 7.95. The maximum absolute atomic E-state index is 13.0. The van der Waals surface area contributed by atoms with E-state index < -0.39 is 11.6 Å². The van der Waals surface area contributed by atoms with Crippen molar-refractivity contribution in [2.24, 2.45) is 23.3 Å². The normalized spacial score (nSPS) is 22.8. The lowest BCUT2D eigenvalue weighted by Gasteiger charge is -2.38. The van der Waals surface area contributed by atoms with Crippen LogP contribution in [0.1, 0.15) is 62.0 Å². The van der Waals surface area contributed by atoms with E-state index in [1.54, 1.807) is 12.1 Å². The molecule has 0 fully saturated rings. The predicted octanol–water partition coefficient (Wildman–Crippen LogP) is 3.04. The van der Waals surface area contributed by atoms with Crippen molar-refractivity contribution in [3.63, 3.8) is 0 Å². The summed E-state index contributed by atoms with van der Waals surface area (Å²) >= 11 is 0. The van der Waals surface area contributed by atoms with E-state index in [9.17, 15) is 9.59 Å². The smallest absolute Gasteiger partial charge is 0.163 e. The topological polar surface area (TPSA) is 86.2 Å². The molecule has 4 heteroatoms. The van der Waals surface area contributed by atoms with Gasteiger partial charge in [-0.25, -0.2) is 0 Å². The molecule has 0 heterocycles. The number of ketones is 2. The highest BCUT2D eigenvalue weighted by Gasteiger charge is 2.45. The third-order valence-electron chi connectivity index (χ3n) is 4.47. The van der Waals surface area contributed by atoms with Gasteiger partial charge in [0.2, 0.25) is 0 Å². The molecule has 0 amide bonds. The highest BCUT2D eigenvalue weighted by atomic mass is 16.1. The number of nitrogens with two attached hydrogens (primary N) is 2. The average molecular weight is 328 g/mol. The van der Waals surface area contributed by atoms with Crippen LogP contribution in [-0.2, 0) is 10.3 Å². The fraction of sp³-hybridized carbons (Fsp3) is 0.500. The number of benzene rings is 1. The first-order valence-corrected chi connectivity index (χ1v) is 8.60. The molecular formula is C20H28N2O2. The summed E-state index contributed by atoms with van der Waals surface area (Å²) in [5, 5.41) is 0. The zero-order valence-corrected chi connectivity index (χ0v) is 15.0. The number of hydrogen-bond acceptors (Lipinski definition) is 4. The van der Waals surface area contributed by atoms with E-state index in [-0.39, 0.29) is 23.4 Å². The highest BCUT2D eigenvalue weighted by Crippen LogP contribution is 2.36. The van der Waals surface area contributed by atoms with Crippen LogP contribution in [0, 0.1) is 11.8 Å². The second-order valence-electron chi connectivity index (χ2n) is 7.57. The molecule has 0 radical (unpaired) electrons. The Morgan fingerprint density at radius 2 is 1.75 bits per heavy atom. The Labute approximate surface area is 144 Å². The van der Waals surface area contributed by atoms with Crippen LogP contribution in [0.2, 0.25) is 0 Å². The van der Waals surface area contributed by atoms with Gasteiger partial charge in [-0.05, 0) is 23.0 Å². The van der Waals surface area contributed by atoms with Crippen LogP contribution in [0.15, 0.2) is 24.3 Å². The first kappa shape index (κ1) is 18.6. The minimum atomic E-state index is -1.35. The monoisotopic (exact) mass is 328 g/mol. The number of rotatable bonds is 6. The Balaban J connectivity index is 2.61. The van der Waals surface area contributed by atoms with Crippen LogP contribution in [0.4, 0.5) is 0 Å². The third-order valence-corrected chi connectivity index (χ3v) is 4.47. The summed E-state index contributed by atoms with van der Waals surface area (Å²) < 4.78 is 0. The van der Waals surface area contributed by atoms with Gasteiger partial charge in [0.05, 0.1) is 6.04 Å². The molecule has 2 rings (SSSR count). The molecule has 24 heavy (non-hydrogen) atoms. The van der Waals surface area contributed by atoms with Crippen molar-refractivity contribution in [2.75, 3.05) is 0 Å². The van der Waals surface area contributed by atoms with Gasteiger partial charge >= 0.3 is 0 Å². The minimum Gasteiger partial charge on any atom is -0.322 e. The Hall–Kier alpha value is -1.78. The fourth-order valence-electron chi connectivity index (χ4n) is 3.27. The van der Waals surface area contributed by atoms with Gasteiger partial charge in [-0.2, -0.15) is 0 Å². The molecule has 1 aliphatic rings. The highest BCUT2D eigenvalue weighted by molar-refractivity contribution is 6.03. The second-order valence-corrected chi connectivity index (χ2v) is 7.57. The van der Waals surface area contributed by atoms with Gasteiger partial charge in [-0.15, -0.1) is 0 Å². The van der Waals surface area contributed by atoms with Crippen molar-refractivity contribution in [1.82, 2.24) is 0 Å². The van der Waals surface area contributed by atoms with Crippen LogP contribution < -0.4 is 11.5 Å². The minimum absolute atomic E-state index is 0.0107. The molecule has 2 atom stereocenters. The molecule has 0 aromatic heterocycles. The summed E-state index contributed by atoms with van der Waals surface area (Å²) in [4.78, 5) is 25.7. The number of carbonyl (C=O) groups is 2. The van der Waals surface area contributed by atoms with E-state index >= 15 is 0 Å². The van der Waals surface area contributed by atoms with E-state index in [0.717, 1.165) is 5.56 Å². The Bertz CT molecular complexity index is 676. The van der Waals surface area contributed by atoms with Gasteiger partial charge in [0.15, 0.2) is 11.6 Å². The first-order valence-electron chi connectivity index (χ1n) is 8.60. The van der Waals surface area contributed by atoms with Gasteiger partial charge in [0, 0.05) is 18.4 Å². The molecule has 1 aromatic carbocycles. The van der Waals surface area contributed by atoms with Crippen LogP contribution in [0.5, 0.6) is 0 Å². The quantitative estimate of drug-likeness (QED) is 0.786. The Kier molecular flexibility index (Phi) is 5.41. The number of fused-ring (bicyclic) bond motifs is 1. The van der Waals surface area contributed by atoms with Gasteiger partial charge in [0.1, 0.15) is 5.54 Å². The second kappa shape index (κ2) is 6.99. The largest absolute Gasteiger partial charge is 0.322 e. The lowest BCUT2D eigenvalue weighted by Crippen LogP contribution is -2.59. The molecule has 2 unspecified atom stereocenters. The molecule has 1 aromatic rings. The molecule has 0 bridgehead atoms. The zero-order valence-electron chi connectivity index (χ0n) is 15.0. The summed E-state index contributed by atoms with van der Waals surface area (Å²) in [5.74, 6) is 0.314. The lowest BCUT2D eigenvalue weighted by atomic mass is 9.70. The van der Waals surface area contributed by atoms with Crippen LogP contribution in [-0.4, -0.2) is 17.6 Å². The Morgan fingerprint density at radius 3 is 2.33 bits per heavy atom. The summed E-state index contributed by atoms with van der Waals surface area (Å²) in [5.41, 5.74) is 13.4. The van der Waals surface area contributed by atoms with Crippen LogP contribution in [0.25, 0.3) is 6.08 Å². The van der Waals surface area contributed by atoms with Gasteiger partial charge in [0.25, 0.3) is 0 Å². The number of carbonyl (C=O) groups excluding carboxylic acids is 2. The molecule has 0 spiro atoms. The van der Waals surface area contributed by atoms with E-state index in [1.807, 2.05) is 45.9 Å². The predicted molar refractivity (Wildman–Crippen MR) is 97.6 cm³/mol. The molecule has 0 aliphatic heterocycles. The lowest BCUT2D eigenvalue weighted by molar-refractivity contribution is -0.125. The standard InChI is InChI=1S/C20H28N2O2/c1-12(2)10-16(23)15-7-5-6-14-8-9-17(21)20(22,19(14)15)18(24)11-13(3)4/h5-9,12-13,17H,10-11,21-22H2,1-4H3. The van der Waals surface area contributed by atoms with Gasteiger partial charge < -0.3 is 11.5 Å². The van der Waals surface area contributed by atoms with E-state index in [1.165, 1.54) is 0 Å².